The number of carbonyl (C=O) groups excluding carboxylic acids is 1. The summed E-state index contributed by atoms with van der Waals surface area (Å²) in [4.78, 5) is 22.9. The molecule has 1 amide bonds. The number of hydrogen-bond acceptors (Lipinski definition) is 3. The molecule has 3 N–H and O–H groups in total. The minimum Gasteiger partial charge on any atom is -0.507 e. The van der Waals surface area contributed by atoms with Crippen LogP contribution < -0.4 is 5.32 Å². The zero-order valence-corrected chi connectivity index (χ0v) is 11.1. The Kier molecular flexibility index (Phi) is 3.89. The summed E-state index contributed by atoms with van der Waals surface area (Å²) in [5, 5.41) is 20.7. The first kappa shape index (κ1) is 14.5. The van der Waals surface area contributed by atoms with Crippen LogP contribution in [0.2, 0.25) is 0 Å². The van der Waals surface area contributed by atoms with Crippen molar-refractivity contribution in [3.8, 4) is 5.75 Å². The number of aromatic carboxylic acids is 1. The third kappa shape index (κ3) is 3.36. The Balaban J connectivity index is 2.27. The molecule has 2 aromatic rings. The maximum atomic E-state index is 13.3. The lowest BCUT2D eigenvalue weighted by Gasteiger charge is -2.08. The molecule has 0 bridgehead atoms. The zero-order chi connectivity index (χ0) is 15.6. The molecule has 0 saturated carbocycles. The normalized spacial score (nSPS) is 10.2. The number of anilines is 1. The number of halogens is 1. The molecule has 0 aromatic heterocycles. The predicted molar refractivity (Wildman–Crippen MR) is 74.2 cm³/mol. The number of amides is 1. The number of carbonyl (C=O) groups is 2. The SMILES string of the molecule is Cc1cc(F)cc(C(=O)Nc2ccc(O)c(C(=O)O)c2)c1. The largest absolute Gasteiger partial charge is 0.507 e. The maximum absolute atomic E-state index is 13.3. The molecular formula is C15H12FNO4. The summed E-state index contributed by atoms with van der Waals surface area (Å²) >= 11 is 0. The molecule has 0 aliphatic rings. The van der Waals surface area contributed by atoms with Gasteiger partial charge in [0.25, 0.3) is 5.91 Å². The fraction of sp³-hybridized carbons (Fsp3) is 0.0667. The van der Waals surface area contributed by atoms with E-state index in [1.165, 1.54) is 18.2 Å². The van der Waals surface area contributed by atoms with Gasteiger partial charge in [0, 0.05) is 11.3 Å². The number of benzene rings is 2. The molecule has 0 radical (unpaired) electrons. The summed E-state index contributed by atoms with van der Waals surface area (Å²) in [6, 6.07) is 7.53. The van der Waals surface area contributed by atoms with Crippen LogP contribution in [0.5, 0.6) is 5.75 Å². The van der Waals surface area contributed by atoms with Gasteiger partial charge in [0.1, 0.15) is 17.1 Å². The molecule has 0 unspecified atom stereocenters. The van der Waals surface area contributed by atoms with Gasteiger partial charge in [0.15, 0.2) is 0 Å². The van der Waals surface area contributed by atoms with Gasteiger partial charge in [-0.1, -0.05) is 0 Å². The quantitative estimate of drug-likeness (QED) is 0.758. The summed E-state index contributed by atoms with van der Waals surface area (Å²) in [5.74, 6) is -2.82. The Morgan fingerprint density at radius 3 is 2.48 bits per heavy atom. The Hall–Kier alpha value is -2.89. The molecule has 0 aliphatic heterocycles. The standard InChI is InChI=1S/C15H12FNO4/c1-8-4-9(6-10(16)5-8)14(19)17-11-2-3-13(18)12(7-11)15(20)21/h2-7,18H,1H3,(H,17,19)(H,20,21). The second kappa shape index (κ2) is 5.62. The topological polar surface area (TPSA) is 86.6 Å². The number of carboxylic acid groups (broad SMARTS) is 1. The van der Waals surface area contributed by atoms with Crippen molar-refractivity contribution in [3.05, 3.63) is 58.9 Å². The van der Waals surface area contributed by atoms with Crippen molar-refractivity contribution in [2.75, 3.05) is 5.32 Å². The van der Waals surface area contributed by atoms with E-state index in [1.54, 1.807) is 6.92 Å². The second-order valence-corrected chi connectivity index (χ2v) is 4.51. The monoisotopic (exact) mass is 289 g/mol. The first-order valence-electron chi connectivity index (χ1n) is 6.01. The molecule has 0 spiro atoms. The lowest BCUT2D eigenvalue weighted by atomic mass is 10.1. The van der Waals surface area contributed by atoms with Gasteiger partial charge < -0.3 is 15.5 Å². The first-order valence-corrected chi connectivity index (χ1v) is 6.01. The van der Waals surface area contributed by atoms with Crippen LogP contribution in [-0.4, -0.2) is 22.1 Å². The van der Waals surface area contributed by atoms with Gasteiger partial charge in [-0.2, -0.15) is 0 Å². The highest BCUT2D eigenvalue weighted by molar-refractivity contribution is 6.05. The average Bonchev–Trinajstić information content (AvgIpc) is 2.39. The van der Waals surface area contributed by atoms with Crippen LogP contribution in [0.15, 0.2) is 36.4 Å². The number of hydrogen-bond donors (Lipinski definition) is 3. The summed E-state index contributed by atoms with van der Waals surface area (Å²) in [7, 11) is 0. The van der Waals surface area contributed by atoms with Crippen LogP contribution in [0.3, 0.4) is 0 Å². The first-order chi connectivity index (χ1) is 9.86. The Morgan fingerprint density at radius 2 is 1.86 bits per heavy atom. The number of rotatable bonds is 3. The van der Waals surface area contributed by atoms with E-state index in [1.807, 2.05) is 0 Å². The van der Waals surface area contributed by atoms with E-state index in [-0.39, 0.29) is 16.8 Å². The molecule has 0 fully saturated rings. The van der Waals surface area contributed by atoms with Gasteiger partial charge in [0.05, 0.1) is 0 Å². The maximum Gasteiger partial charge on any atom is 0.339 e. The molecule has 0 atom stereocenters. The van der Waals surface area contributed by atoms with E-state index in [2.05, 4.69) is 5.32 Å². The third-order valence-electron chi connectivity index (χ3n) is 2.79. The van der Waals surface area contributed by atoms with Crippen molar-refractivity contribution in [1.29, 1.82) is 0 Å². The second-order valence-electron chi connectivity index (χ2n) is 4.51. The molecule has 0 heterocycles. The Morgan fingerprint density at radius 1 is 1.14 bits per heavy atom. The van der Waals surface area contributed by atoms with Gasteiger partial charge in [-0.25, -0.2) is 9.18 Å². The molecule has 6 heteroatoms. The molecule has 0 aliphatic carbocycles. The number of carboxylic acids is 1. The van der Waals surface area contributed by atoms with Crippen molar-refractivity contribution in [2.45, 2.75) is 6.92 Å². The molecule has 5 nitrogen and oxygen atoms in total. The van der Waals surface area contributed by atoms with E-state index in [0.717, 1.165) is 18.2 Å². The minimum atomic E-state index is -1.31. The fourth-order valence-corrected chi connectivity index (χ4v) is 1.86. The minimum absolute atomic E-state index is 0.123. The molecule has 21 heavy (non-hydrogen) atoms. The van der Waals surface area contributed by atoms with Crippen molar-refractivity contribution >= 4 is 17.6 Å². The summed E-state index contributed by atoms with van der Waals surface area (Å²) in [6.45, 7) is 1.66. The van der Waals surface area contributed by atoms with E-state index in [4.69, 9.17) is 5.11 Å². The molecule has 2 aromatic carbocycles. The lowest BCUT2D eigenvalue weighted by Crippen LogP contribution is -2.13. The molecule has 0 saturated heterocycles. The van der Waals surface area contributed by atoms with Crippen LogP contribution in [0, 0.1) is 12.7 Å². The highest BCUT2D eigenvalue weighted by atomic mass is 19.1. The van der Waals surface area contributed by atoms with E-state index in [0.29, 0.717) is 5.56 Å². The number of aromatic hydroxyl groups is 1. The van der Waals surface area contributed by atoms with Gasteiger partial charge >= 0.3 is 5.97 Å². The average molecular weight is 289 g/mol. The van der Waals surface area contributed by atoms with Crippen LogP contribution in [0.25, 0.3) is 0 Å². The Labute approximate surface area is 119 Å². The predicted octanol–water partition coefficient (Wildman–Crippen LogP) is 2.79. The number of phenols is 1. The van der Waals surface area contributed by atoms with E-state index < -0.39 is 23.4 Å². The molecule has 2 rings (SSSR count). The van der Waals surface area contributed by atoms with E-state index in [9.17, 15) is 19.1 Å². The van der Waals surface area contributed by atoms with Crippen molar-refractivity contribution in [2.24, 2.45) is 0 Å². The van der Waals surface area contributed by atoms with Crippen LogP contribution in [0.1, 0.15) is 26.3 Å². The van der Waals surface area contributed by atoms with Crippen molar-refractivity contribution in [3.63, 3.8) is 0 Å². The van der Waals surface area contributed by atoms with Gasteiger partial charge in [0.2, 0.25) is 0 Å². The smallest absolute Gasteiger partial charge is 0.339 e. The highest BCUT2D eigenvalue weighted by Gasteiger charge is 2.13. The van der Waals surface area contributed by atoms with Gasteiger partial charge in [-0.05, 0) is 48.9 Å². The molecule has 108 valence electrons. The zero-order valence-electron chi connectivity index (χ0n) is 11.1. The van der Waals surface area contributed by atoms with Crippen LogP contribution in [-0.2, 0) is 0 Å². The van der Waals surface area contributed by atoms with Crippen LogP contribution >= 0.6 is 0 Å². The van der Waals surface area contributed by atoms with Crippen molar-refractivity contribution < 1.29 is 24.2 Å². The summed E-state index contributed by atoms with van der Waals surface area (Å²) < 4.78 is 13.3. The Bertz CT molecular complexity index is 707. The van der Waals surface area contributed by atoms with Crippen molar-refractivity contribution in [1.82, 2.24) is 0 Å². The van der Waals surface area contributed by atoms with E-state index >= 15 is 0 Å². The van der Waals surface area contributed by atoms with Gasteiger partial charge in [-0.3, -0.25) is 4.79 Å². The lowest BCUT2D eigenvalue weighted by molar-refractivity contribution is 0.0693. The highest BCUT2D eigenvalue weighted by Crippen LogP contribution is 2.22. The molecular weight excluding hydrogens is 277 g/mol. The summed E-state index contributed by atoms with van der Waals surface area (Å²) in [6.07, 6.45) is 0. The van der Waals surface area contributed by atoms with Gasteiger partial charge in [-0.15, -0.1) is 0 Å². The fourth-order valence-electron chi connectivity index (χ4n) is 1.86. The number of nitrogens with one attached hydrogen (secondary N) is 1. The van der Waals surface area contributed by atoms with Crippen LogP contribution in [0.4, 0.5) is 10.1 Å². The summed E-state index contributed by atoms with van der Waals surface area (Å²) in [5.41, 5.74) is 0.579. The third-order valence-corrected chi connectivity index (χ3v) is 2.79. The number of aryl methyl sites for hydroxylation is 1.